The van der Waals surface area contributed by atoms with Gasteiger partial charge in [-0.3, -0.25) is 0 Å². The lowest BCUT2D eigenvalue weighted by molar-refractivity contribution is 0.632. The van der Waals surface area contributed by atoms with Crippen molar-refractivity contribution in [3.05, 3.63) is 254 Å². The van der Waals surface area contributed by atoms with Crippen molar-refractivity contribution in [2.75, 3.05) is 4.90 Å². The SMILES string of the molecule is CC1(C)c2ccccc2N(c2cc(-c3ccccc3)cc(-c3ccccc3)c2)c2ccc(-c3ccc4c(c3)c3ccccc3n4-c3cc(-c4ccccc4)cc(-c4ccccc4)c3)cc21. The summed E-state index contributed by atoms with van der Waals surface area (Å²) in [6, 6.07) is 89.0. The minimum atomic E-state index is -0.252. The summed E-state index contributed by atoms with van der Waals surface area (Å²) >= 11 is 0. The van der Waals surface area contributed by atoms with E-state index in [9.17, 15) is 0 Å². The Bertz CT molecular complexity index is 3430. The van der Waals surface area contributed by atoms with Gasteiger partial charge >= 0.3 is 0 Å². The second-order valence-electron chi connectivity index (χ2n) is 17.8. The van der Waals surface area contributed by atoms with Crippen molar-refractivity contribution in [3.63, 3.8) is 0 Å². The van der Waals surface area contributed by atoms with Gasteiger partial charge in [0.1, 0.15) is 0 Å². The third-order valence-corrected chi connectivity index (χ3v) is 13.5. The first-order chi connectivity index (χ1) is 32.0. The lowest BCUT2D eigenvalue weighted by atomic mass is 9.73. The number of aromatic nitrogens is 1. The van der Waals surface area contributed by atoms with Gasteiger partial charge in [-0.05, 0) is 140 Å². The predicted octanol–water partition coefficient (Wildman–Crippen LogP) is 17.2. The van der Waals surface area contributed by atoms with Crippen LogP contribution in [0, 0.1) is 0 Å². The topological polar surface area (TPSA) is 8.17 Å². The number of nitrogens with zero attached hydrogens (tertiary/aromatic N) is 2. The van der Waals surface area contributed by atoms with Crippen molar-refractivity contribution in [2.24, 2.45) is 0 Å². The Hall–Kier alpha value is -8.20. The second-order valence-corrected chi connectivity index (χ2v) is 17.8. The minimum absolute atomic E-state index is 0.252. The van der Waals surface area contributed by atoms with Crippen LogP contribution in [0.2, 0.25) is 0 Å². The molecule has 0 saturated heterocycles. The van der Waals surface area contributed by atoms with Crippen LogP contribution in [0.3, 0.4) is 0 Å². The minimum Gasteiger partial charge on any atom is -0.310 e. The summed E-state index contributed by atoms with van der Waals surface area (Å²) in [7, 11) is 0. The Kier molecular flexibility index (Phi) is 9.21. The standard InChI is InChI=1S/C63H46N2/c1-63(2)57-28-16-18-30-61(57)65(54-39-51(45-23-11-5-12-24-45)36-52(40-54)46-25-13-6-14-26-46)62-34-32-48(42-58(62)63)47-31-33-60-56(41-47)55-27-15-17-29-59(55)64(60)53-37-49(43-19-7-3-8-20-43)35-50(38-53)44-21-9-4-10-22-44/h3-42H,1-2H3. The predicted molar refractivity (Wildman–Crippen MR) is 275 cm³/mol. The third kappa shape index (κ3) is 6.65. The van der Waals surface area contributed by atoms with Crippen molar-refractivity contribution in [3.8, 4) is 61.3 Å². The van der Waals surface area contributed by atoms with Crippen LogP contribution in [-0.2, 0) is 5.41 Å². The van der Waals surface area contributed by atoms with Gasteiger partial charge in [-0.1, -0.05) is 184 Å². The number of hydrogen-bond acceptors (Lipinski definition) is 1. The number of anilines is 3. The highest BCUT2D eigenvalue weighted by atomic mass is 15.2. The van der Waals surface area contributed by atoms with Gasteiger partial charge in [-0.25, -0.2) is 0 Å². The van der Waals surface area contributed by atoms with Crippen LogP contribution in [0.5, 0.6) is 0 Å². The first kappa shape index (κ1) is 38.5. The quantitative estimate of drug-likeness (QED) is 0.155. The zero-order chi connectivity index (χ0) is 43.5. The Morgan fingerprint density at radius 1 is 0.277 bits per heavy atom. The molecule has 11 aromatic rings. The number of fused-ring (bicyclic) bond motifs is 5. The van der Waals surface area contributed by atoms with Gasteiger partial charge in [0.15, 0.2) is 0 Å². The van der Waals surface area contributed by atoms with Gasteiger partial charge in [0, 0.05) is 27.6 Å². The molecule has 0 saturated carbocycles. The lowest BCUT2D eigenvalue weighted by Gasteiger charge is -2.42. The Morgan fingerprint density at radius 2 is 0.708 bits per heavy atom. The van der Waals surface area contributed by atoms with Crippen molar-refractivity contribution in [1.29, 1.82) is 0 Å². The van der Waals surface area contributed by atoms with Gasteiger partial charge in [0.2, 0.25) is 0 Å². The molecule has 0 N–H and O–H groups in total. The first-order valence-corrected chi connectivity index (χ1v) is 22.6. The van der Waals surface area contributed by atoms with Crippen LogP contribution in [0.15, 0.2) is 243 Å². The van der Waals surface area contributed by atoms with Crippen LogP contribution in [0.25, 0.3) is 83.1 Å². The average molecular weight is 831 g/mol. The molecule has 10 aromatic carbocycles. The normalized spacial score (nSPS) is 12.9. The van der Waals surface area contributed by atoms with E-state index >= 15 is 0 Å². The molecule has 2 heteroatoms. The van der Waals surface area contributed by atoms with Crippen LogP contribution < -0.4 is 4.90 Å². The van der Waals surface area contributed by atoms with Gasteiger partial charge in [-0.15, -0.1) is 0 Å². The highest BCUT2D eigenvalue weighted by Crippen LogP contribution is 2.53. The smallest absolute Gasteiger partial charge is 0.0541 e. The van der Waals surface area contributed by atoms with Gasteiger partial charge in [-0.2, -0.15) is 0 Å². The van der Waals surface area contributed by atoms with Gasteiger partial charge < -0.3 is 9.47 Å². The summed E-state index contributed by atoms with van der Waals surface area (Å²) < 4.78 is 2.45. The van der Waals surface area contributed by atoms with Crippen LogP contribution in [-0.4, -0.2) is 4.57 Å². The fourth-order valence-corrected chi connectivity index (χ4v) is 10.3. The molecule has 0 aliphatic carbocycles. The molecule has 0 spiro atoms. The van der Waals surface area contributed by atoms with Crippen molar-refractivity contribution in [1.82, 2.24) is 4.57 Å². The maximum absolute atomic E-state index is 2.49. The summed E-state index contributed by atoms with van der Waals surface area (Å²) in [6.07, 6.45) is 0. The molecule has 1 aliphatic rings. The summed E-state index contributed by atoms with van der Waals surface area (Å²) in [4.78, 5) is 2.49. The highest BCUT2D eigenvalue weighted by molar-refractivity contribution is 6.10. The molecule has 1 aromatic heterocycles. The molecule has 0 amide bonds. The fraction of sp³-hybridized carbons (Fsp3) is 0.0476. The molecule has 2 heterocycles. The second kappa shape index (κ2) is 15.6. The molecule has 0 fully saturated rings. The maximum Gasteiger partial charge on any atom is 0.0541 e. The summed E-state index contributed by atoms with van der Waals surface area (Å²) in [5.41, 5.74) is 21.4. The van der Waals surface area contributed by atoms with E-state index < -0.39 is 0 Å². The molecular formula is C63H46N2. The number of hydrogen-bond donors (Lipinski definition) is 0. The van der Waals surface area contributed by atoms with E-state index in [0.717, 1.165) is 11.4 Å². The monoisotopic (exact) mass is 830 g/mol. The average Bonchev–Trinajstić information content (AvgIpc) is 3.71. The molecule has 0 unspecified atom stereocenters. The van der Waals surface area contributed by atoms with Crippen LogP contribution >= 0.6 is 0 Å². The zero-order valence-corrected chi connectivity index (χ0v) is 36.5. The Labute approximate surface area is 381 Å². The van der Waals surface area contributed by atoms with E-state index in [1.165, 1.54) is 99.9 Å². The van der Waals surface area contributed by atoms with Crippen LogP contribution in [0.4, 0.5) is 17.1 Å². The Balaban J connectivity index is 1.02. The van der Waals surface area contributed by atoms with E-state index in [-0.39, 0.29) is 5.41 Å². The fourth-order valence-electron chi connectivity index (χ4n) is 10.3. The molecule has 0 atom stereocenters. The first-order valence-electron chi connectivity index (χ1n) is 22.6. The summed E-state index contributed by atoms with van der Waals surface area (Å²) in [5, 5.41) is 2.47. The van der Waals surface area contributed by atoms with Crippen LogP contribution in [0.1, 0.15) is 25.0 Å². The number of rotatable bonds is 7. The number of para-hydroxylation sites is 2. The molecular weight excluding hydrogens is 785 g/mol. The largest absolute Gasteiger partial charge is 0.310 e. The molecule has 65 heavy (non-hydrogen) atoms. The van der Waals surface area contributed by atoms with E-state index in [4.69, 9.17) is 0 Å². The Morgan fingerprint density at radius 3 is 1.28 bits per heavy atom. The van der Waals surface area contributed by atoms with E-state index in [0.29, 0.717) is 0 Å². The maximum atomic E-state index is 2.49. The zero-order valence-electron chi connectivity index (χ0n) is 36.5. The summed E-state index contributed by atoms with van der Waals surface area (Å²) in [5.74, 6) is 0. The van der Waals surface area contributed by atoms with Crippen molar-refractivity contribution >= 4 is 38.9 Å². The van der Waals surface area contributed by atoms with Crippen molar-refractivity contribution in [2.45, 2.75) is 19.3 Å². The molecule has 0 radical (unpaired) electrons. The lowest BCUT2D eigenvalue weighted by Crippen LogP contribution is -2.30. The van der Waals surface area contributed by atoms with Gasteiger partial charge in [0.05, 0.1) is 22.4 Å². The summed E-state index contributed by atoms with van der Waals surface area (Å²) in [6.45, 7) is 4.76. The number of benzene rings is 10. The third-order valence-electron chi connectivity index (χ3n) is 13.5. The molecule has 308 valence electrons. The molecule has 12 rings (SSSR count). The van der Waals surface area contributed by atoms with E-state index in [1.807, 2.05) is 0 Å². The molecule has 1 aliphatic heterocycles. The van der Waals surface area contributed by atoms with E-state index in [2.05, 4.69) is 266 Å². The van der Waals surface area contributed by atoms with Crippen molar-refractivity contribution < 1.29 is 0 Å². The molecule has 2 nitrogen and oxygen atoms in total. The highest BCUT2D eigenvalue weighted by Gasteiger charge is 2.37. The van der Waals surface area contributed by atoms with Gasteiger partial charge in [0.25, 0.3) is 0 Å². The van der Waals surface area contributed by atoms with E-state index in [1.54, 1.807) is 0 Å². The molecule has 0 bridgehead atoms.